The molecule has 2 atom stereocenters. The van der Waals surface area contributed by atoms with Gasteiger partial charge in [0.05, 0.1) is 19.3 Å². The van der Waals surface area contributed by atoms with Gasteiger partial charge in [-0.25, -0.2) is 4.39 Å². The fourth-order valence-corrected chi connectivity index (χ4v) is 4.98. The summed E-state index contributed by atoms with van der Waals surface area (Å²) in [5.74, 6) is -0.869. The Hall–Kier alpha value is -2.44. The lowest BCUT2D eigenvalue weighted by Gasteiger charge is -2.41. The summed E-state index contributed by atoms with van der Waals surface area (Å²) < 4.78 is 25.9. The molecule has 1 saturated heterocycles. The molecule has 0 radical (unpaired) electrons. The first-order valence-corrected chi connectivity index (χ1v) is 10.2. The van der Waals surface area contributed by atoms with Crippen LogP contribution in [0.25, 0.3) is 0 Å². The molecular weight excluding hydrogens is 371 g/mol. The molecule has 1 fully saturated rings. The number of carbonyl (C=O) groups is 1. The lowest BCUT2D eigenvalue weighted by Crippen LogP contribution is -2.50. The summed E-state index contributed by atoms with van der Waals surface area (Å²) in [4.78, 5) is 13.1. The molecule has 4 rings (SSSR count). The van der Waals surface area contributed by atoms with Gasteiger partial charge >= 0.3 is 0 Å². The number of benzene rings is 2. The zero-order valence-electron chi connectivity index (χ0n) is 16.8. The van der Waals surface area contributed by atoms with Gasteiger partial charge in [0.2, 0.25) is 0 Å². The van der Waals surface area contributed by atoms with E-state index in [9.17, 15) is 9.18 Å². The first kappa shape index (κ1) is 19.9. The van der Waals surface area contributed by atoms with Gasteiger partial charge in [-0.2, -0.15) is 0 Å². The van der Waals surface area contributed by atoms with Crippen LogP contribution in [0.5, 0.6) is 5.75 Å². The molecule has 2 aromatic carbocycles. The fourth-order valence-electron chi connectivity index (χ4n) is 4.98. The van der Waals surface area contributed by atoms with E-state index in [1.807, 2.05) is 25.1 Å². The summed E-state index contributed by atoms with van der Waals surface area (Å²) in [5.41, 5.74) is 2.05. The fraction of sp³-hybridized carbons (Fsp3) is 0.435. The second-order valence-electron chi connectivity index (χ2n) is 7.64. The highest BCUT2D eigenvalue weighted by atomic mass is 19.1. The van der Waals surface area contributed by atoms with Crippen LogP contribution in [0.15, 0.2) is 42.5 Å². The number of ether oxygens (including phenoxy) is 2. The van der Waals surface area contributed by atoms with Crippen molar-refractivity contribution >= 4 is 5.91 Å². The molecule has 1 aliphatic carbocycles. The van der Waals surface area contributed by atoms with Gasteiger partial charge in [-0.3, -0.25) is 4.79 Å². The summed E-state index contributed by atoms with van der Waals surface area (Å²) in [6, 6.07) is 12.2. The summed E-state index contributed by atoms with van der Waals surface area (Å²) in [7, 11) is 1.43. The third kappa shape index (κ3) is 3.30. The highest BCUT2D eigenvalue weighted by Gasteiger charge is 2.53. The Morgan fingerprint density at radius 1 is 1.21 bits per heavy atom. The van der Waals surface area contributed by atoms with Crippen molar-refractivity contribution < 1.29 is 18.7 Å². The molecule has 0 unspecified atom stereocenters. The highest BCUT2D eigenvalue weighted by Crippen LogP contribution is 2.51. The van der Waals surface area contributed by atoms with Crippen LogP contribution in [0.2, 0.25) is 0 Å². The quantitative estimate of drug-likeness (QED) is 0.811. The van der Waals surface area contributed by atoms with Crippen LogP contribution in [-0.4, -0.2) is 38.8 Å². The van der Waals surface area contributed by atoms with Gasteiger partial charge in [-0.05, 0) is 56.1 Å². The Morgan fingerprint density at radius 3 is 2.69 bits per heavy atom. The van der Waals surface area contributed by atoms with Crippen molar-refractivity contribution in [2.24, 2.45) is 0 Å². The normalized spacial score (nSPS) is 22.3. The number of hydrogen-bond donors (Lipinski definition) is 2. The molecule has 6 heteroatoms. The number of methoxy groups -OCH3 is 1. The largest absolute Gasteiger partial charge is 0.496 e. The molecule has 1 aliphatic heterocycles. The maximum Gasteiger partial charge on any atom is 0.258 e. The lowest BCUT2D eigenvalue weighted by atomic mass is 9.72. The van der Waals surface area contributed by atoms with Crippen molar-refractivity contribution in [3.63, 3.8) is 0 Å². The molecule has 5 nitrogen and oxygen atoms in total. The SMILES string of the molecule is CCO[C@H]1[C@H](NC(=O)c2c(F)cccc2OC)c2ccccc2C12CCNCC2. The van der Waals surface area contributed by atoms with Crippen LogP contribution in [0.3, 0.4) is 0 Å². The van der Waals surface area contributed by atoms with E-state index < -0.39 is 11.7 Å². The molecule has 1 heterocycles. The van der Waals surface area contributed by atoms with Gasteiger partial charge in [-0.1, -0.05) is 30.3 Å². The minimum Gasteiger partial charge on any atom is -0.496 e. The number of amides is 1. The van der Waals surface area contributed by atoms with Crippen molar-refractivity contribution in [3.8, 4) is 5.75 Å². The van der Waals surface area contributed by atoms with Gasteiger partial charge in [0.1, 0.15) is 17.1 Å². The molecule has 154 valence electrons. The second-order valence-corrected chi connectivity index (χ2v) is 7.64. The Balaban J connectivity index is 1.74. The topological polar surface area (TPSA) is 59.6 Å². The Morgan fingerprint density at radius 2 is 1.97 bits per heavy atom. The van der Waals surface area contributed by atoms with Gasteiger partial charge in [-0.15, -0.1) is 0 Å². The second kappa shape index (κ2) is 8.13. The van der Waals surface area contributed by atoms with Crippen LogP contribution in [-0.2, 0) is 10.2 Å². The minimum absolute atomic E-state index is 0.0750. The Kier molecular flexibility index (Phi) is 5.56. The van der Waals surface area contributed by atoms with E-state index in [-0.39, 0.29) is 28.9 Å². The predicted octanol–water partition coefficient (Wildman–Crippen LogP) is 3.35. The number of hydrogen-bond acceptors (Lipinski definition) is 4. The summed E-state index contributed by atoms with van der Waals surface area (Å²) in [6.07, 6.45) is 1.67. The maximum atomic E-state index is 14.5. The minimum atomic E-state index is -0.599. The van der Waals surface area contributed by atoms with Crippen molar-refractivity contribution in [2.75, 3.05) is 26.8 Å². The predicted molar refractivity (Wildman–Crippen MR) is 109 cm³/mol. The molecule has 1 amide bonds. The van der Waals surface area contributed by atoms with Gasteiger partial charge < -0.3 is 20.1 Å². The van der Waals surface area contributed by atoms with Crippen LogP contribution >= 0.6 is 0 Å². The first-order valence-electron chi connectivity index (χ1n) is 10.2. The highest BCUT2D eigenvalue weighted by molar-refractivity contribution is 5.97. The summed E-state index contributed by atoms with van der Waals surface area (Å²) >= 11 is 0. The third-order valence-corrected chi connectivity index (χ3v) is 6.23. The average Bonchev–Trinajstić information content (AvgIpc) is 2.98. The number of halogens is 1. The average molecular weight is 398 g/mol. The molecule has 0 aromatic heterocycles. The van der Waals surface area contributed by atoms with Gasteiger partial charge in [0.15, 0.2) is 0 Å². The standard InChI is InChI=1S/C23H27FN2O3/c1-3-29-21-20(26-22(27)19-17(24)9-6-10-18(19)28-2)15-7-4-5-8-16(15)23(21)11-13-25-14-12-23/h4-10,20-21,25H,3,11-14H2,1-2H3,(H,26,27)/t20-,21+/m1/s1. The molecule has 0 saturated carbocycles. The van der Waals surface area contributed by atoms with E-state index in [4.69, 9.17) is 9.47 Å². The van der Waals surface area contributed by atoms with E-state index in [2.05, 4.69) is 16.7 Å². The van der Waals surface area contributed by atoms with Crippen LogP contribution in [0, 0.1) is 5.82 Å². The zero-order chi connectivity index (χ0) is 20.4. The third-order valence-electron chi connectivity index (χ3n) is 6.23. The van der Waals surface area contributed by atoms with Crippen molar-refractivity contribution in [1.29, 1.82) is 0 Å². The molecule has 2 N–H and O–H groups in total. The molecule has 1 spiro atoms. The Bertz CT molecular complexity index is 895. The lowest BCUT2D eigenvalue weighted by molar-refractivity contribution is -0.0208. The van der Waals surface area contributed by atoms with Crippen LogP contribution in [0.1, 0.15) is 47.3 Å². The van der Waals surface area contributed by atoms with Gasteiger partial charge in [0, 0.05) is 12.0 Å². The van der Waals surface area contributed by atoms with Crippen molar-refractivity contribution in [3.05, 3.63) is 65.0 Å². The van der Waals surface area contributed by atoms with Crippen molar-refractivity contribution in [2.45, 2.75) is 37.3 Å². The van der Waals surface area contributed by atoms with E-state index in [0.717, 1.165) is 31.5 Å². The van der Waals surface area contributed by atoms with Crippen LogP contribution < -0.4 is 15.4 Å². The zero-order valence-corrected chi connectivity index (χ0v) is 16.8. The van der Waals surface area contributed by atoms with Crippen molar-refractivity contribution in [1.82, 2.24) is 10.6 Å². The van der Waals surface area contributed by atoms with E-state index in [0.29, 0.717) is 6.61 Å². The van der Waals surface area contributed by atoms with E-state index in [1.165, 1.54) is 24.8 Å². The molecular formula is C23H27FN2O3. The number of piperidine rings is 1. The number of carbonyl (C=O) groups excluding carboxylic acids is 1. The summed E-state index contributed by atoms with van der Waals surface area (Å²) in [5, 5.41) is 6.49. The van der Waals surface area contributed by atoms with Gasteiger partial charge in [0.25, 0.3) is 5.91 Å². The molecule has 29 heavy (non-hydrogen) atoms. The number of nitrogens with one attached hydrogen (secondary N) is 2. The van der Waals surface area contributed by atoms with Crippen LogP contribution in [0.4, 0.5) is 4.39 Å². The number of rotatable bonds is 5. The Labute approximate surface area is 170 Å². The monoisotopic (exact) mass is 398 g/mol. The smallest absolute Gasteiger partial charge is 0.258 e. The molecule has 2 aliphatic rings. The summed E-state index contributed by atoms with van der Waals surface area (Å²) in [6.45, 7) is 4.32. The first-order chi connectivity index (χ1) is 14.1. The maximum absolute atomic E-state index is 14.5. The van der Waals surface area contributed by atoms with E-state index >= 15 is 0 Å². The van der Waals surface area contributed by atoms with E-state index in [1.54, 1.807) is 6.07 Å². The molecule has 0 bridgehead atoms. The molecule has 2 aromatic rings. The number of fused-ring (bicyclic) bond motifs is 2.